The van der Waals surface area contributed by atoms with Crippen LogP contribution >= 0.6 is 11.6 Å². The highest BCUT2D eigenvalue weighted by Gasteiger charge is 2.12. The molecule has 0 fully saturated rings. The summed E-state index contributed by atoms with van der Waals surface area (Å²) in [7, 11) is 3.12. The second kappa shape index (κ2) is 7.10. The Morgan fingerprint density at radius 2 is 2.11 bits per heavy atom. The van der Waals surface area contributed by atoms with Crippen molar-refractivity contribution in [2.45, 2.75) is 13.5 Å². The van der Waals surface area contributed by atoms with Crippen molar-refractivity contribution in [1.29, 1.82) is 5.26 Å². The van der Waals surface area contributed by atoms with E-state index in [9.17, 15) is 0 Å². The average Bonchev–Trinajstić information content (AvgIpc) is 2.39. The summed E-state index contributed by atoms with van der Waals surface area (Å²) in [6, 6.07) is 5.86. The second-order valence-corrected chi connectivity index (χ2v) is 4.31. The quantitative estimate of drug-likeness (QED) is 0.862. The number of hydrogen-bond acceptors (Lipinski definition) is 4. The largest absolute Gasteiger partial charge is 0.493 e. The van der Waals surface area contributed by atoms with E-state index in [1.165, 1.54) is 0 Å². The number of nitrogens with one attached hydrogen (secondary N) is 1. The molecule has 0 saturated heterocycles. The van der Waals surface area contributed by atoms with Crippen LogP contribution in [0, 0.1) is 17.2 Å². The lowest BCUT2D eigenvalue weighted by molar-refractivity contribution is 0.354. The van der Waals surface area contributed by atoms with Gasteiger partial charge in [0.2, 0.25) is 0 Å². The van der Waals surface area contributed by atoms with Gasteiger partial charge in [-0.15, -0.1) is 0 Å². The Labute approximate surface area is 112 Å². The van der Waals surface area contributed by atoms with Crippen LogP contribution in [0.25, 0.3) is 0 Å². The summed E-state index contributed by atoms with van der Waals surface area (Å²) >= 11 is 6.23. The zero-order valence-corrected chi connectivity index (χ0v) is 11.5. The standard InChI is InChI=1S/C13H17ClN2O2/c1-9(6-15)7-16-8-10-4-5-11(17-2)13(18-3)12(10)14/h4-5,9,16H,7-8H2,1-3H3. The first kappa shape index (κ1) is 14.6. The average molecular weight is 269 g/mol. The van der Waals surface area contributed by atoms with Gasteiger partial charge in [0, 0.05) is 13.1 Å². The number of halogens is 1. The van der Waals surface area contributed by atoms with Gasteiger partial charge in [-0.05, 0) is 18.6 Å². The zero-order valence-electron chi connectivity index (χ0n) is 10.8. The Hall–Kier alpha value is -1.44. The number of nitriles is 1. The molecule has 1 aromatic carbocycles. The summed E-state index contributed by atoms with van der Waals surface area (Å²) < 4.78 is 10.4. The maximum absolute atomic E-state index is 8.68. The number of ether oxygens (including phenoxy) is 2. The van der Waals surface area contributed by atoms with Gasteiger partial charge in [-0.1, -0.05) is 17.7 Å². The Bertz CT molecular complexity index is 443. The molecule has 0 amide bonds. The highest BCUT2D eigenvalue weighted by molar-refractivity contribution is 6.33. The number of hydrogen-bond donors (Lipinski definition) is 1. The Morgan fingerprint density at radius 3 is 2.67 bits per heavy atom. The lowest BCUT2D eigenvalue weighted by atomic mass is 10.1. The Morgan fingerprint density at radius 1 is 1.39 bits per heavy atom. The van der Waals surface area contributed by atoms with Crippen LogP contribution in [0.3, 0.4) is 0 Å². The molecule has 1 atom stereocenters. The lowest BCUT2D eigenvalue weighted by Crippen LogP contribution is -2.20. The van der Waals surface area contributed by atoms with Gasteiger partial charge >= 0.3 is 0 Å². The van der Waals surface area contributed by atoms with E-state index in [1.54, 1.807) is 14.2 Å². The summed E-state index contributed by atoms with van der Waals surface area (Å²) in [6.45, 7) is 3.08. The molecule has 0 saturated carbocycles. The van der Waals surface area contributed by atoms with Crippen molar-refractivity contribution in [3.05, 3.63) is 22.7 Å². The molecule has 0 aliphatic carbocycles. The minimum Gasteiger partial charge on any atom is -0.493 e. The fourth-order valence-electron chi connectivity index (χ4n) is 1.54. The SMILES string of the molecule is COc1ccc(CNCC(C)C#N)c(Cl)c1OC. The first-order valence-electron chi connectivity index (χ1n) is 5.63. The van der Waals surface area contributed by atoms with Crippen LogP contribution in [-0.4, -0.2) is 20.8 Å². The van der Waals surface area contributed by atoms with Crippen LogP contribution in [0.15, 0.2) is 12.1 Å². The van der Waals surface area contributed by atoms with E-state index >= 15 is 0 Å². The summed E-state index contributed by atoms with van der Waals surface area (Å²) in [6.07, 6.45) is 0. The zero-order chi connectivity index (χ0) is 13.5. The second-order valence-electron chi connectivity index (χ2n) is 3.94. The number of methoxy groups -OCH3 is 2. The summed E-state index contributed by atoms with van der Waals surface area (Å²) in [5.41, 5.74) is 0.916. The van der Waals surface area contributed by atoms with Crippen molar-refractivity contribution >= 4 is 11.6 Å². The Kier molecular flexibility index (Phi) is 5.76. The normalized spacial score (nSPS) is 11.7. The molecule has 1 rings (SSSR count). The molecule has 0 aliphatic rings. The molecule has 5 heteroatoms. The molecule has 0 radical (unpaired) electrons. The molecule has 1 unspecified atom stereocenters. The molecular weight excluding hydrogens is 252 g/mol. The van der Waals surface area contributed by atoms with Crippen molar-refractivity contribution in [1.82, 2.24) is 5.32 Å². The number of nitrogens with zero attached hydrogens (tertiary/aromatic N) is 1. The van der Waals surface area contributed by atoms with Gasteiger partial charge in [0.05, 0.1) is 31.2 Å². The van der Waals surface area contributed by atoms with Crippen LogP contribution in [0.5, 0.6) is 11.5 Å². The molecule has 0 bridgehead atoms. The predicted octanol–water partition coefficient (Wildman–Crippen LogP) is 2.61. The van der Waals surface area contributed by atoms with Gasteiger partial charge in [-0.2, -0.15) is 5.26 Å². The van der Waals surface area contributed by atoms with Crippen molar-refractivity contribution < 1.29 is 9.47 Å². The van der Waals surface area contributed by atoms with Crippen molar-refractivity contribution in [3.63, 3.8) is 0 Å². The fraction of sp³-hybridized carbons (Fsp3) is 0.462. The minimum absolute atomic E-state index is 0.0241. The van der Waals surface area contributed by atoms with E-state index in [2.05, 4.69) is 11.4 Å². The summed E-state index contributed by atoms with van der Waals surface area (Å²) in [4.78, 5) is 0. The van der Waals surface area contributed by atoms with Gasteiger partial charge in [0.15, 0.2) is 11.5 Å². The third-order valence-electron chi connectivity index (χ3n) is 2.55. The van der Waals surface area contributed by atoms with E-state index < -0.39 is 0 Å². The molecular formula is C13H17ClN2O2. The van der Waals surface area contributed by atoms with Gasteiger partial charge in [-0.3, -0.25) is 0 Å². The maximum Gasteiger partial charge on any atom is 0.179 e. The molecule has 0 heterocycles. The van der Waals surface area contributed by atoms with E-state index in [4.69, 9.17) is 26.3 Å². The van der Waals surface area contributed by atoms with Gasteiger partial charge < -0.3 is 14.8 Å². The maximum atomic E-state index is 8.68. The van der Waals surface area contributed by atoms with Crippen molar-refractivity contribution in [2.24, 2.45) is 5.92 Å². The van der Waals surface area contributed by atoms with Crippen LogP contribution in [0.1, 0.15) is 12.5 Å². The smallest absolute Gasteiger partial charge is 0.179 e. The van der Waals surface area contributed by atoms with Gasteiger partial charge in [0.1, 0.15) is 0 Å². The highest BCUT2D eigenvalue weighted by atomic mass is 35.5. The molecule has 1 N–H and O–H groups in total. The first-order chi connectivity index (χ1) is 8.63. The van der Waals surface area contributed by atoms with Crippen molar-refractivity contribution in [2.75, 3.05) is 20.8 Å². The number of rotatable bonds is 6. The fourth-order valence-corrected chi connectivity index (χ4v) is 1.84. The summed E-state index contributed by atoms with van der Waals surface area (Å²) in [5, 5.41) is 12.4. The van der Waals surface area contributed by atoms with E-state index in [0.29, 0.717) is 29.6 Å². The third-order valence-corrected chi connectivity index (χ3v) is 2.97. The molecule has 4 nitrogen and oxygen atoms in total. The Balaban J connectivity index is 2.76. The molecule has 0 spiro atoms. The van der Waals surface area contributed by atoms with E-state index in [1.807, 2.05) is 19.1 Å². The first-order valence-corrected chi connectivity index (χ1v) is 6.01. The van der Waals surface area contributed by atoms with Gasteiger partial charge in [-0.25, -0.2) is 0 Å². The van der Waals surface area contributed by atoms with Crippen LogP contribution in [-0.2, 0) is 6.54 Å². The minimum atomic E-state index is -0.0241. The topological polar surface area (TPSA) is 54.3 Å². The molecule has 98 valence electrons. The predicted molar refractivity (Wildman–Crippen MR) is 71.0 cm³/mol. The van der Waals surface area contributed by atoms with E-state index in [-0.39, 0.29) is 5.92 Å². The van der Waals surface area contributed by atoms with Crippen LogP contribution < -0.4 is 14.8 Å². The molecule has 18 heavy (non-hydrogen) atoms. The summed E-state index contributed by atoms with van der Waals surface area (Å²) in [5.74, 6) is 1.12. The molecule has 0 aliphatic heterocycles. The van der Waals surface area contributed by atoms with Gasteiger partial charge in [0.25, 0.3) is 0 Å². The van der Waals surface area contributed by atoms with E-state index in [0.717, 1.165) is 5.56 Å². The molecule has 1 aromatic rings. The van der Waals surface area contributed by atoms with Crippen molar-refractivity contribution in [3.8, 4) is 17.6 Å². The molecule has 0 aromatic heterocycles. The third kappa shape index (κ3) is 3.52. The highest BCUT2D eigenvalue weighted by Crippen LogP contribution is 2.37. The lowest BCUT2D eigenvalue weighted by Gasteiger charge is -2.13. The number of benzene rings is 1. The monoisotopic (exact) mass is 268 g/mol. The van der Waals surface area contributed by atoms with Crippen LogP contribution in [0.2, 0.25) is 5.02 Å². The van der Waals surface area contributed by atoms with Crippen LogP contribution in [0.4, 0.5) is 0 Å².